The average molecular weight is 466 g/mol. The second kappa shape index (κ2) is 9.76. The fraction of sp³-hybridized carbons (Fsp3) is 0.478. The number of amides is 3. The van der Waals surface area contributed by atoms with Crippen LogP contribution in [0.1, 0.15) is 38.7 Å². The molecule has 0 spiro atoms. The molecule has 0 aromatic heterocycles. The molecule has 33 heavy (non-hydrogen) atoms. The molecule has 3 atom stereocenters. The predicted molar refractivity (Wildman–Crippen MR) is 111 cm³/mol. The molecule has 178 valence electrons. The molecule has 0 radical (unpaired) electrons. The zero-order valence-electron chi connectivity index (χ0n) is 18.2. The Morgan fingerprint density at radius 2 is 1.73 bits per heavy atom. The van der Waals surface area contributed by atoms with Gasteiger partial charge in [-0.1, -0.05) is 32.1 Å². The van der Waals surface area contributed by atoms with Gasteiger partial charge in [-0.05, 0) is 43.4 Å². The molecule has 1 fully saturated rings. The van der Waals surface area contributed by atoms with Gasteiger partial charge in [0.15, 0.2) is 6.61 Å². The molecule has 0 unspecified atom stereocenters. The summed E-state index contributed by atoms with van der Waals surface area (Å²) in [6, 6.07) is 2.87. The number of ether oxygens (including phenoxy) is 1. The molecule has 10 heteroatoms. The van der Waals surface area contributed by atoms with E-state index in [2.05, 4.69) is 5.32 Å². The number of carbonyl (C=O) groups is 4. The lowest BCUT2D eigenvalue weighted by Crippen LogP contribution is -2.47. The zero-order valence-corrected chi connectivity index (χ0v) is 18.2. The van der Waals surface area contributed by atoms with Crippen molar-refractivity contribution in [3.8, 4) is 0 Å². The number of likely N-dealkylation sites (tertiary alicyclic amines) is 1. The Morgan fingerprint density at radius 3 is 2.27 bits per heavy atom. The van der Waals surface area contributed by atoms with Crippen LogP contribution in [0.3, 0.4) is 0 Å². The lowest BCUT2D eigenvalue weighted by atomic mass is 9.85. The van der Waals surface area contributed by atoms with Crippen molar-refractivity contribution in [2.75, 3.05) is 11.9 Å². The van der Waals surface area contributed by atoms with E-state index in [-0.39, 0.29) is 18.0 Å². The van der Waals surface area contributed by atoms with Gasteiger partial charge in [-0.15, -0.1) is 0 Å². The van der Waals surface area contributed by atoms with Crippen molar-refractivity contribution in [1.29, 1.82) is 0 Å². The number of rotatable bonds is 7. The van der Waals surface area contributed by atoms with Gasteiger partial charge in [-0.2, -0.15) is 13.2 Å². The van der Waals surface area contributed by atoms with E-state index < -0.39 is 59.9 Å². The maximum atomic E-state index is 12.9. The monoisotopic (exact) mass is 466 g/mol. The molecule has 1 aliphatic carbocycles. The zero-order chi connectivity index (χ0) is 24.3. The third-order valence-corrected chi connectivity index (χ3v) is 5.64. The van der Waals surface area contributed by atoms with Crippen LogP contribution in [-0.4, -0.2) is 41.2 Å². The summed E-state index contributed by atoms with van der Waals surface area (Å²) in [5.74, 6) is -3.67. The summed E-state index contributed by atoms with van der Waals surface area (Å²) in [6.07, 6.45) is 0.119. The fourth-order valence-corrected chi connectivity index (χ4v) is 4.09. The van der Waals surface area contributed by atoms with Crippen molar-refractivity contribution in [2.45, 2.75) is 45.3 Å². The number of imide groups is 1. The van der Waals surface area contributed by atoms with Crippen LogP contribution in [0.5, 0.6) is 0 Å². The Morgan fingerprint density at radius 1 is 1.12 bits per heavy atom. The minimum absolute atomic E-state index is 0.0529. The Hall–Kier alpha value is -3.17. The summed E-state index contributed by atoms with van der Waals surface area (Å²) in [5, 5.41) is 2.25. The van der Waals surface area contributed by atoms with Gasteiger partial charge in [0.05, 0.1) is 17.4 Å². The highest BCUT2D eigenvalue weighted by molar-refractivity contribution is 6.08. The maximum absolute atomic E-state index is 12.9. The highest BCUT2D eigenvalue weighted by atomic mass is 19.4. The summed E-state index contributed by atoms with van der Waals surface area (Å²) in [6.45, 7) is 2.87. The molecule has 1 aliphatic heterocycles. The van der Waals surface area contributed by atoms with Crippen LogP contribution in [0.25, 0.3) is 0 Å². The maximum Gasteiger partial charge on any atom is 0.416 e. The summed E-state index contributed by atoms with van der Waals surface area (Å²) >= 11 is 0. The van der Waals surface area contributed by atoms with Crippen LogP contribution < -0.4 is 5.32 Å². The minimum Gasteiger partial charge on any atom is -0.454 e. The van der Waals surface area contributed by atoms with E-state index in [4.69, 9.17) is 4.74 Å². The summed E-state index contributed by atoms with van der Waals surface area (Å²) in [7, 11) is 0. The van der Waals surface area contributed by atoms with E-state index in [1.165, 1.54) is 6.07 Å². The van der Waals surface area contributed by atoms with E-state index in [1.54, 1.807) is 0 Å². The van der Waals surface area contributed by atoms with Gasteiger partial charge in [0.25, 0.3) is 5.91 Å². The van der Waals surface area contributed by atoms with Crippen LogP contribution >= 0.6 is 0 Å². The Balaban J connectivity index is 1.66. The van der Waals surface area contributed by atoms with Crippen molar-refractivity contribution in [2.24, 2.45) is 17.8 Å². The average Bonchev–Trinajstić information content (AvgIpc) is 3.00. The summed E-state index contributed by atoms with van der Waals surface area (Å²) in [5.41, 5.74) is -1.04. The van der Waals surface area contributed by atoms with Gasteiger partial charge in [0.2, 0.25) is 11.8 Å². The fourth-order valence-electron chi connectivity index (χ4n) is 4.09. The number of esters is 1. The van der Waals surface area contributed by atoms with Crippen molar-refractivity contribution < 1.29 is 37.1 Å². The van der Waals surface area contributed by atoms with E-state index in [9.17, 15) is 32.3 Å². The first-order chi connectivity index (χ1) is 15.5. The first-order valence-electron chi connectivity index (χ1n) is 10.6. The number of allylic oxidation sites excluding steroid dienone is 2. The third-order valence-electron chi connectivity index (χ3n) is 5.64. The van der Waals surface area contributed by atoms with E-state index in [0.29, 0.717) is 12.8 Å². The van der Waals surface area contributed by atoms with Crippen LogP contribution in [0.15, 0.2) is 36.4 Å². The Bertz CT molecular complexity index is 947. The van der Waals surface area contributed by atoms with Gasteiger partial charge >= 0.3 is 12.1 Å². The van der Waals surface area contributed by atoms with Crippen LogP contribution in [0.4, 0.5) is 18.9 Å². The molecule has 0 saturated carbocycles. The molecular weight excluding hydrogens is 441 g/mol. The molecule has 3 rings (SSSR count). The molecule has 2 aliphatic rings. The number of nitrogens with one attached hydrogen (secondary N) is 1. The van der Waals surface area contributed by atoms with Gasteiger partial charge < -0.3 is 10.1 Å². The van der Waals surface area contributed by atoms with Crippen molar-refractivity contribution in [1.82, 2.24) is 4.90 Å². The normalized spacial score (nSPS) is 21.2. The quantitative estimate of drug-likeness (QED) is 0.377. The topological polar surface area (TPSA) is 92.8 Å². The smallest absolute Gasteiger partial charge is 0.416 e. The number of benzene rings is 1. The number of carbonyl (C=O) groups excluding carboxylic acids is 4. The van der Waals surface area contributed by atoms with Crippen molar-refractivity contribution in [3.63, 3.8) is 0 Å². The molecule has 1 aromatic rings. The van der Waals surface area contributed by atoms with Crippen LogP contribution in [0, 0.1) is 17.8 Å². The molecule has 7 nitrogen and oxygen atoms in total. The largest absolute Gasteiger partial charge is 0.454 e. The second-order valence-electron chi connectivity index (χ2n) is 8.58. The SMILES string of the molecule is CC(C)C[C@@H](C(=O)OCC(=O)Nc1cccc(C(F)(F)F)c1)N1C(=O)[C@H]2CC=CC[C@H]2C1=O. The lowest BCUT2D eigenvalue weighted by Gasteiger charge is -2.26. The Kier molecular flexibility index (Phi) is 7.24. The lowest BCUT2D eigenvalue weighted by molar-refractivity contribution is -0.160. The van der Waals surface area contributed by atoms with Gasteiger partial charge in [0, 0.05) is 5.69 Å². The van der Waals surface area contributed by atoms with Gasteiger partial charge in [-0.25, -0.2) is 4.79 Å². The number of hydrogen-bond acceptors (Lipinski definition) is 5. The first-order valence-corrected chi connectivity index (χ1v) is 10.6. The minimum atomic E-state index is -4.57. The highest BCUT2D eigenvalue weighted by Crippen LogP contribution is 2.37. The number of nitrogens with zero attached hydrogens (tertiary/aromatic N) is 1. The number of halogens is 3. The molecule has 1 N–H and O–H groups in total. The molecule has 3 amide bonds. The molecule has 1 saturated heterocycles. The standard InChI is InChI=1S/C23H25F3N2O5/c1-13(2)10-18(28-20(30)16-8-3-4-9-17(16)21(28)31)22(32)33-12-19(29)27-15-7-5-6-14(11-15)23(24,25)26/h3-7,11,13,16-18H,8-10,12H2,1-2H3,(H,27,29)/t16-,17+,18-/m0/s1. The third kappa shape index (κ3) is 5.61. The van der Waals surface area contributed by atoms with Crippen molar-refractivity contribution in [3.05, 3.63) is 42.0 Å². The second-order valence-corrected chi connectivity index (χ2v) is 8.58. The molecule has 0 bridgehead atoms. The van der Waals surface area contributed by atoms with Crippen molar-refractivity contribution >= 4 is 29.4 Å². The van der Waals surface area contributed by atoms with E-state index >= 15 is 0 Å². The molecular formula is C23H25F3N2O5. The van der Waals surface area contributed by atoms with Crippen LogP contribution in [-0.2, 0) is 30.1 Å². The predicted octanol–water partition coefficient (Wildman–Crippen LogP) is 3.55. The van der Waals surface area contributed by atoms with E-state index in [1.807, 2.05) is 26.0 Å². The number of alkyl halides is 3. The van der Waals surface area contributed by atoms with Crippen LogP contribution in [0.2, 0.25) is 0 Å². The van der Waals surface area contributed by atoms with Gasteiger partial charge in [-0.3, -0.25) is 19.3 Å². The molecule has 1 aromatic carbocycles. The number of fused-ring (bicyclic) bond motifs is 1. The number of anilines is 1. The summed E-state index contributed by atoms with van der Waals surface area (Å²) < 4.78 is 43.5. The van der Waals surface area contributed by atoms with Gasteiger partial charge in [0.1, 0.15) is 6.04 Å². The highest BCUT2D eigenvalue weighted by Gasteiger charge is 2.51. The van der Waals surface area contributed by atoms with E-state index in [0.717, 1.165) is 23.1 Å². The first kappa shape index (κ1) is 24.5. The Labute approximate surface area is 189 Å². The summed E-state index contributed by atoms with van der Waals surface area (Å²) in [4.78, 5) is 51.6. The molecule has 1 heterocycles. The number of hydrogen-bond donors (Lipinski definition) is 1.